The Kier molecular flexibility index (Phi) is 3.61. The van der Waals surface area contributed by atoms with Gasteiger partial charge in [-0.25, -0.2) is 15.0 Å². The van der Waals surface area contributed by atoms with Gasteiger partial charge >= 0.3 is 0 Å². The lowest BCUT2D eigenvalue weighted by molar-refractivity contribution is 0.666. The maximum atomic E-state index is 9.55. The lowest BCUT2D eigenvalue weighted by Crippen LogP contribution is -2.00. The Morgan fingerprint density at radius 3 is 1.98 bits per heavy atom. The second-order valence-electron chi connectivity index (χ2n) is 11.6. The Morgan fingerprint density at radius 1 is 0.549 bits per heavy atom. The van der Waals surface area contributed by atoms with Crippen molar-refractivity contribution >= 4 is 75.3 Å². The fourth-order valence-electron chi connectivity index (χ4n) is 6.50. The monoisotopic (exact) mass is 686 g/mol. The molecule has 0 spiro atoms. The van der Waals surface area contributed by atoms with Crippen molar-refractivity contribution in [2.45, 2.75) is 0 Å². The Morgan fingerprint density at radius 2 is 1.20 bits per heavy atom. The van der Waals surface area contributed by atoms with Crippen molar-refractivity contribution in [2.75, 3.05) is 0 Å². The molecule has 51 heavy (non-hydrogen) atoms. The average molecular weight is 687 g/mol. The number of aromatic nitrogens is 4. The minimum absolute atomic E-state index is 0.0111. The van der Waals surface area contributed by atoms with Crippen molar-refractivity contribution in [1.29, 1.82) is 0 Å². The first-order chi connectivity index (χ1) is 32.0. The van der Waals surface area contributed by atoms with Crippen LogP contribution in [-0.2, 0) is 0 Å². The van der Waals surface area contributed by atoms with Crippen LogP contribution < -0.4 is 0 Å². The van der Waals surface area contributed by atoms with E-state index in [0.29, 0.717) is 11.1 Å². The molecule has 0 radical (unpaired) electrons. The van der Waals surface area contributed by atoms with Gasteiger partial charge in [0.15, 0.2) is 23.1 Å². The number of thiophene rings is 1. The zero-order chi connectivity index (χ0) is 47.4. The van der Waals surface area contributed by atoms with Crippen LogP contribution in [0, 0.1) is 0 Å². The highest BCUT2D eigenvalue weighted by atomic mass is 32.1. The van der Waals surface area contributed by atoms with Crippen LogP contribution in [0.1, 0.15) is 21.9 Å². The minimum Gasteiger partial charge on any atom is -0.454 e. The number of nitrogens with zero attached hydrogens (tertiary/aromatic N) is 4. The Bertz CT molecular complexity index is 4000. The van der Waals surface area contributed by atoms with Crippen LogP contribution in [0.25, 0.3) is 104 Å². The number of fused-ring (bicyclic) bond motifs is 10. The molecule has 11 aromatic rings. The predicted molar refractivity (Wildman–Crippen MR) is 211 cm³/mol. The van der Waals surface area contributed by atoms with Crippen molar-refractivity contribution in [2.24, 2.45) is 0 Å². The first-order valence-electron chi connectivity index (χ1n) is 23.7. The van der Waals surface area contributed by atoms with E-state index < -0.39 is 102 Å². The molecular weight excluding hydrogens is 645 g/mol. The van der Waals surface area contributed by atoms with Gasteiger partial charge in [-0.2, -0.15) is 0 Å². The Balaban J connectivity index is 1.37. The summed E-state index contributed by atoms with van der Waals surface area (Å²) in [6.45, 7) is 0. The highest BCUT2D eigenvalue weighted by Crippen LogP contribution is 2.45. The summed E-state index contributed by atoms with van der Waals surface area (Å²) < 4.78 is 153. The molecule has 0 saturated heterocycles. The Labute approximate surface area is 318 Å². The third kappa shape index (κ3) is 4.24. The topological polar surface area (TPSA) is 56.7 Å². The number of para-hydroxylation sites is 2. The van der Waals surface area contributed by atoms with Crippen LogP contribution in [-0.4, -0.2) is 19.5 Å². The summed E-state index contributed by atoms with van der Waals surface area (Å²) in [4.78, 5) is 14.3. The van der Waals surface area contributed by atoms with E-state index in [0.717, 1.165) is 11.3 Å². The second kappa shape index (κ2) is 10.9. The zero-order valence-electron chi connectivity index (χ0n) is 41.9. The quantitative estimate of drug-likeness (QED) is 0.185. The molecule has 4 heterocycles. The third-order valence-corrected chi connectivity index (χ3v) is 9.83. The van der Waals surface area contributed by atoms with E-state index in [-0.39, 0.29) is 87.0 Å². The molecule has 6 heteroatoms. The molecule has 11 rings (SSSR count). The summed E-state index contributed by atoms with van der Waals surface area (Å²) in [5.74, 6) is 0.211. The maximum Gasteiger partial charge on any atom is 0.164 e. The van der Waals surface area contributed by atoms with E-state index in [1.807, 2.05) is 12.1 Å². The zero-order valence-corrected chi connectivity index (χ0v) is 26.7. The smallest absolute Gasteiger partial charge is 0.164 e. The molecule has 0 atom stereocenters. The van der Waals surface area contributed by atoms with Gasteiger partial charge in [0.25, 0.3) is 0 Å². The van der Waals surface area contributed by atoms with Crippen LogP contribution in [0.15, 0.2) is 162 Å². The molecule has 0 N–H and O–H groups in total. The fourth-order valence-corrected chi connectivity index (χ4v) is 7.61. The minimum atomic E-state index is -0.721. The number of hydrogen-bond acceptors (Lipinski definition) is 5. The third-order valence-electron chi connectivity index (χ3n) is 8.72. The summed E-state index contributed by atoms with van der Waals surface area (Å²) in [6.07, 6.45) is 0. The van der Waals surface area contributed by atoms with E-state index in [9.17, 15) is 9.60 Å². The molecule has 0 aliphatic heterocycles. The average Bonchev–Trinajstić information content (AvgIpc) is 4.04. The molecule has 0 aliphatic carbocycles. The standard InChI is InChI=1S/C45H26N4OS/c1-3-13-27(14-4-1)43-46-44(28-15-5-2-6-16-28)48-45(47-43)34-20-12-23-37-39(34)33-19-11-22-36(41(33)50-37)49-35-21-9-7-17-29(35)31-25-26-32-30-18-8-10-24-38(30)51-42(32)40(31)49/h1-26H/i7D,8D,9D,10D,11D,12D,17D,18D,19D,20D,21D,22D,23D,24D,25D,26D. The SMILES string of the molecule is [2H]c1c([2H])c(-c2nc(-c3ccccc3)nc(-c3ccccc3)n2)c2c(oc3c(-n4c5c([2H])c([2H])c([2H])c([2H])c5c5c([2H])c([2H])c6c(sc7c([2H])c([2H])c([2H])c([2H])c76)c54)c([2H])c([2H])c([2H])c32)c1[2H]. The normalized spacial score (nSPS) is 16.3. The van der Waals surface area contributed by atoms with E-state index >= 15 is 0 Å². The van der Waals surface area contributed by atoms with Gasteiger partial charge in [-0.3, -0.25) is 0 Å². The number of rotatable bonds is 4. The van der Waals surface area contributed by atoms with Gasteiger partial charge in [0.05, 0.1) is 43.4 Å². The van der Waals surface area contributed by atoms with Crippen LogP contribution in [0.5, 0.6) is 0 Å². The molecule has 4 aromatic heterocycles. The molecule has 0 amide bonds. The molecule has 7 aromatic carbocycles. The number of benzene rings is 7. The molecule has 5 nitrogen and oxygen atoms in total. The molecule has 0 fully saturated rings. The second-order valence-corrected chi connectivity index (χ2v) is 12.6. The van der Waals surface area contributed by atoms with Gasteiger partial charge in [-0.05, 0) is 24.2 Å². The first-order valence-corrected chi connectivity index (χ1v) is 16.5. The molecular formula is C45H26N4OS. The fraction of sp³-hybridized carbons (Fsp3) is 0. The summed E-state index contributed by atoms with van der Waals surface area (Å²) in [7, 11) is 0. The molecule has 0 aliphatic rings. The molecule has 238 valence electrons. The lowest BCUT2D eigenvalue weighted by atomic mass is 10.0. The van der Waals surface area contributed by atoms with Gasteiger partial charge in [-0.15, -0.1) is 11.3 Å². The van der Waals surface area contributed by atoms with E-state index in [2.05, 4.69) is 0 Å². The van der Waals surface area contributed by atoms with Crippen molar-refractivity contribution in [3.8, 4) is 39.9 Å². The Hall–Kier alpha value is -6.63. The van der Waals surface area contributed by atoms with Gasteiger partial charge in [0.1, 0.15) is 5.58 Å². The highest BCUT2D eigenvalue weighted by molar-refractivity contribution is 7.26. The van der Waals surface area contributed by atoms with Crippen molar-refractivity contribution in [3.05, 3.63) is 157 Å². The van der Waals surface area contributed by atoms with E-state index in [1.54, 1.807) is 48.5 Å². The lowest BCUT2D eigenvalue weighted by Gasteiger charge is -2.10. The van der Waals surface area contributed by atoms with Crippen LogP contribution in [0.3, 0.4) is 0 Å². The van der Waals surface area contributed by atoms with Crippen molar-refractivity contribution in [3.63, 3.8) is 0 Å². The summed E-state index contributed by atoms with van der Waals surface area (Å²) >= 11 is 0.822. The summed E-state index contributed by atoms with van der Waals surface area (Å²) in [6, 6.07) is 8.23. The summed E-state index contributed by atoms with van der Waals surface area (Å²) in [5, 5.41) is -0.996. The molecule has 0 bridgehead atoms. The van der Waals surface area contributed by atoms with Gasteiger partial charge in [0.2, 0.25) is 0 Å². The largest absolute Gasteiger partial charge is 0.454 e. The number of furan rings is 1. The van der Waals surface area contributed by atoms with Crippen LogP contribution in [0.2, 0.25) is 0 Å². The van der Waals surface area contributed by atoms with Crippen LogP contribution in [0.4, 0.5) is 0 Å². The summed E-state index contributed by atoms with van der Waals surface area (Å²) in [5.41, 5.74) is -0.608. The van der Waals surface area contributed by atoms with E-state index in [1.165, 1.54) is 4.57 Å². The highest BCUT2D eigenvalue weighted by Gasteiger charge is 2.23. The molecule has 0 unspecified atom stereocenters. The molecule has 0 saturated carbocycles. The van der Waals surface area contributed by atoms with E-state index in [4.69, 9.17) is 31.7 Å². The van der Waals surface area contributed by atoms with Gasteiger partial charge in [-0.1, -0.05) is 133 Å². The van der Waals surface area contributed by atoms with Crippen molar-refractivity contribution in [1.82, 2.24) is 19.5 Å². The first kappa shape index (κ1) is 16.9. The van der Waals surface area contributed by atoms with Gasteiger partial charge < -0.3 is 8.98 Å². The maximum absolute atomic E-state index is 9.55. The predicted octanol–water partition coefficient (Wildman–Crippen LogP) is 12.2. The van der Waals surface area contributed by atoms with Crippen molar-refractivity contribution < 1.29 is 26.3 Å². The number of hydrogen-bond donors (Lipinski definition) is 0. The van der Waals surface area contributed by atoms with Crippen LogP contribution >= 0.6 is 11.3 Å². The van der Waals surface area contributed by atoms with Gasteiger partial charge in [0, 0.05) is 53.7 Å².